The van der Waals surface area contributed by atoms with Crippen molar-refractivity contribution >= 4 is 17.1 Å². The van der Waals surface area contributed by atoms with Gasteiger partial charge in [0.15, 0.2) is 5.65 Å². The zero-order chi connectivity index (χ0) is 19.6. The number of imidazole rings is 1. The molecule has 3 rings (SSSR count). The van der Waals surface area contributed by atoms with Crippen LogP contribution in [0.3, 0.4) is 0 Å². The zero-order valence-electron chi connectivity index (χ0n) is 17.4. The van der Waals surface area contributed by atoms with Gasteiger partial charge in [0, 0.05) is 43.8 Å². The van der Waals surface area contributed by atoms with E-state index in [1.54, 1.807) is 0 Å². The van der Waals surface area contributed by atoms with Crippen molar-refractivity contribution in [1.82, 2.24) is 24.8 Å². The largest absolute Gasteiger partial charge is 0.351 e. The van der Waals surface area contributed by atoms with Crippen LogP contribution in [0.15, 0.2) is 6.07 Å². The predicted octanol–water partition coefficient (Wildman–Crippen LogP) is 3.31. The minimum absolute atomic E-state index is 0.0498. The normalized spacial score (nSPS) is 14.8. The van der Waals surface area contributed by atoms with Crippen LogP contribution in [0.2, 0.25) is 0 Å². The van der Waals surface area contributed by atoms with Crippen LogP contribution in [-0.4, -0.2) is 50.5 Å². The third-order valence-corrected chi connectivity index (χ3v) is 5.42. The van der Waals surface area contributed by atoms with Crippen LogP contribution in [0.1, 0.15) is 68.8 Å². The summed E-state index contributed by atoms with van der Waals surface area (Å²) in [6.07, 6.45) is 4.50. The van der Waals surface area contributed by atoms with Crippen LogP contribution < -0.4 is 5.32 Å². The maximum Gasteiger partial charge on any atom is 0.253 e. The van der Waals surface area contributed by atoms with Crippen molar-refractivity contribution in [1.29, 1.82) is 0 Å². The Morgan fingerprint density at radius 3 is 2.63 bits per heavy atom. The summed E-state index contributed by atoms with van der Waals surface area (Å²) in [7, 11) is 0. The number of rotatable bonds is 6. The van der Waals surface area contributed by atoms with Gasteiger partial charge in [-0.2, -0.15) is 0 Å². The average molecular weight is 372 g/mol. The molecule has 1 aliphatic rings. The fraction of sp³-hybridized carbons (Fsp3) is 0.667. The lowest BCUT2D eigenvalue weighted by molar-refractivity contribution is 0.0940. The molecule has 2 aromatic heterocycles. The van der Waals surface area contributed by atoms with Gasteiger partial charge in [-0.3, -0.25) is 9.69 Å². The van der Waals surface area contributed by atoms with E-state index in [9.17, 15) is 4.79 Å². The van der Waals surface area contributed by atoms with E-state index in [1.807, 2.05) is 13.0 Å². The summed E-state index contributed by atoms with van der Waals surface area (Å²) in [4.78, 5) is 24.8. The third kappa shape index (κ3) is 4.32. The molecule has 6 heteroatoms. The molecule has 2 aromatic rings. The number of nitrogens with zero attached hydrogens (tertiary/aromatic N) is 4. The first-order chi connectivity index (χ1) is 12.9. The Hall–Kier alpha value is -1.95. The first-order valence-corrected chi connectivity index (χ1v) is 10.3. The number of hydrogen-bond acceptors (Lipinski definition) is 4. The standard InChI is InChI=1S/C21H33N5O/c1-14(2)25(15(3)4)12-10-22-21(27)17-13-16(5)23-20-19(17)24-18-9-7-6-8-11-26(18)20/h13-15H,6-12H2,1-5H3,(H,22,27). The van der Waals surface area contributed by atoms with Crippen molar-refractivity contribution in [2.24, 2.45) is 0 Å². The number of carbonyl (C=O) groups is 1. The number of pyridine rings is 1. The highest BCUT2D eigenvalue weighted by atomic mass is 16.1. The molecule has 0 spiro atoms. The summed E-state index contributed by atoms with van der Waals surface area (Å²) in [5.41, 5.74) is 3.13. The average Bonchev–Trinajstić information content (AvgIpc) is 2.78. The molecule has 0 atom stereocenters. The second kappa shape index (κ2) is 8.38. The lowest BCUT2D eigenvalue weighted by atomic mass is 10.2. The fourth-order valence-corrected chi connectivity index (χ4v) is 4.10. The van der Waals surface area contributed by atoms with Crippen LogP contribution in [0.4, 0.5) is 0 Å². The second-order valence-corrected chi connectivity index (χ2v) is 8.15. The molecule has 1 N–H and O–H groups in total. The summed E-state index contributed by atoms with van der Waals surface area (Å²) in [5.74, 6) is 1.02. The molecular weight excluding hydrogens is 338 g/mol. The second-order valence-electron chi connectivity index (χ2n) is 8.15. The van der Waals surface area contributed by atoms with Gasteiger partial charge in [-0.15, -0.1) is 0 Å². The van der Waals surface area contributed by atoms with Crippen molar-refractivity contribution in [2.45, 2.75) is 78.9 Å². The van der Waals surface area contributed by atoms with Gasteiger partial charge in [0.2, 0.25) is 0 Å². The minimum Gasteiger partial charge on any atom is -0.351 e. The van der Waals surface area contributed by atoms with Crippen LogP contribution >= 0.6 is 0 Å². The summed E-state index contributed by atoms with van der Waals surface area (Å²) < 4.78 is 2.21. The molecule has 0 aromatic carbocycles. The molecule has 148 valence electrons. The van der Waals surface area contributed by atoms with Crippen LogP contribution in [0, 0.1) is 6.92 Å². The van der Waals surface area contributed by atoms with Crippen molar-refractivity contribution in [3.05, 3.63) is 23.1 Å². The van der Waals surface area contributed by atoms with E-state index >= 15 is 0 Å². The van der Waals surface area contributed by atoms with Gasteiger partial charge in [-0.05, 0) is 53.5 Å². The van der Waals surface area contributed by atoms with Crippen LogP contribution in [0.5, 0.6) is 0 Å². The van der Waals surface area contributed by atoms with E-state index in [0.29, 0.717) is 24.2 Å². The lowest BCUT2D eigenvalue weighted by Gasteiger charge is -2.30. The summed E-state index contributed by atoms with van der Waals surface area (Å²) in [6.45, 7) is 13.1. The zero-order valence-corrected chi connectivity index (χ0v) is 17.4. The van der Waals surface area contributed by atoms with E-state index < -0.39 is 0 Å². The quantitative estimate of drug-likeness (QED) is 0.846. The van der Waals surface area contributed by atoms with E-state index in [-0.39, 0.29) is 5.91 Å². The Morgan fingerprint density at radius 1 is 1.19 bits per heavy atom. The molecule has 0 saturated heterocycles. The molecular formula is C21H33N5O. The highest BCUT2D eigenvalue weighted by Gasteiger charge is 2.21. The highest BCUT2D eigenvalue weighted by molar-refractivity contribution is 6.04. The fourth-order valence-electron chi connectivity index (χ4n) is 4.10. The van der Waals surface area contributed by atoms with Gasteiger partial charge < -0.3 is 9.88 Å². The topological polar surface area (TPSA) is 63.1 Å². The van der Waals surface area contributed by atoms with Gasteiger partial charge in [0.25, 0.3) is 5.91 Å². The molecule has 3 heterocycles. The van der Waals surface area contributed by atoms with Crippen molar-refractivity contribution in [3.63, 3.8) is 0 Å². The summed E-state index contributed by atoms with van der Waals surface area (Å²) >= 11 is 0. The summed E-state index contributed by atoms with van der Waals surface area (Å²) in [6, 6.07) is 2.79. The smallest absolute Gasteiger partial charge is 0.253 e. The molecule has 0 aliphatic carbocycles. The van der Waals surface area contributed by atoms with E-state index in [2.05, 4.69) is 42.5 Å². The maximum atomic E-state index is 12.9. The molecule has 27 heavy (non-hydrogen) atoms. The highest BCUT2D eigenvalue weighted by Crippen LogP contribution is 2.24. The SMILES string of the molecule is Cc1cc(C(=O)NCCN(C(C)C)C(C)C)c2nc3n(c2n1)CCCCC3. The molecule has 0 fully saturated rings. The van der Waals surface area contributed by atoms with E-state index in [4.69, 9.17) is 9.97 Å². The number of carbonyl (C=O) groups excluding carboxylic acids is 1. The molecule has 1 amide bonds. The first-order valence-electron chi connectivity index (χ1n) is 10.3. The number of nitrogens with one attached hydrogen (secondary N) is 1. The van der Waals surface area contributed by atoms with Gasteiger partial charge in [0.1, 0.15) is 11.3 Å². The Morgan fingerprint density at radius 2 is 1.93 bits per heavy atom. The van der Waals surface area contributed by atoms with Gasteiger partial charge in [0.05, 0.1) is 5.56 Å². The molecule has 0 bridgehead atoms. The first kappa shape index (κ1) is 19.8. The third-order valence-electron chi connectivity index (χ3n) is 5.42. The minimum atomic E-state index is -0.0498. The molecule has 1 aliphatic heterocycles. The Bertz CT molecular complexity index is 800. The number of hydrogen-bond donors (Lipinski definition) is 1. The Labute approximate surface area is 162 Å². The van der Waals surface area contributed by atoms with E-state index in [1.165, 1.54) is 6.42 Å². The van der Waals surface area contributed by atoms with E-state index in [0.717, 1.165) is 55.0 Å². The number of aryl methyl sites for hydroxylation is 3. The monoisotopic (exact) mass is 371 g/mol. The van der Waals surface area contributed by atoms with Gasteiger partial charge in [-0.1, -0.05) is 6.42 Å². The van der Waals surface area contributed by atoms with Crippen molar-refractivity contribution < 1.29 is 4.79 Å². The molecule has 0 unspecified atom stereocenters. The maximum absolute atomic E-state index is 12.9. The van der Waals surface area contributed by atoms with Crippen LogP contribution in [-0.2, 0) is 13.0 Å². The van der Waals surface area contributed by atoms with Crippen LogP contribution in [0.25, 0.3) is 11.2 Å². The molecule has 6 nitrogen and oxygen atoms in total. The Kier molecular flexibility index (Phi) is 6.15. The molecule has 0 radical (unpaired) electrons. The number of amides is 1. The van der Waals surface area contributed by atoms with Crippen molar-refractivity contribution in [3.8, 4) is 0 Å². The predicted molar refractivity (Wildman–Crippen MR) is 109 cm³/mol. The molecule has 0 saturated carbocycles. The van der Waals surface area contributed by atoms with Gasteiger partial charge >= 0.3 is 0 Å². The lowest BCUT2D eigenvalue weighted by Crippen LogP contribution is -2.42. The van der Waals surface area contributed by atoms with Gasteiger partial charge in [-0.25, -0.2) is 9.97 Å². The van der Waals surface area contributed by atoms with Crippen molar-refractivity contribution in [2.75, 3.05) is 13.1 Å². The summed E-state index contributed by atoms with van der Waals surface area (Å²) in [5, 5.41) is 3.09. The Balaban J connectivity index is 1.80. The number of fused-ring (bicyclic) bond motifs is 3. The number of aromatic nitrogens is 3.